The molecular formula is C19H19N3O6S2. The van der Waals surface area contributed by atoms with E-state index in [1.54, 1.807) is 34.9 Å². The van der Waals surface area contributed by atoms with E-state index in [-0.39, 0.29) is 23.4 Å². The minimum absolute atomic E-state index is 0.0509. The predicted molar refractivity (Wildman–Crippen MR) is 111 cm³/mol. The fourth-order valence-corrected chi connectivity index (χ4v) is 4.51. The average molecular weight is 450 g/mol. The van der Waals surface area contributed by atoms with Gasteiger partial charge in [-0.25, -0.2) is 13.6 Å². The minimum atomic E-state index is -3.89. The Balaban J connectivity index is 2.16. The number of hydrogen-bond donors (Lipinski definition) is 1. The van der Waals surface area contributed by atoms with E-state index in [0.29, 0.717) is 20.8 Å². The highest BCUT2D eigenvalue weighted by Crippen LogP contribution is 2.22. The molecule has 1 heterocycles. The molecule has 3 aromatic rings. The number of aromatic nitrogens is 1. The molecule has 9 nitrogen and oxygen atoms in total. The van der Waals surface area contributed by atoms with Crippen molar-refractivity contribution in [3.05, 3.63) is 52.8 Å². The number of fused-ring (bicyclic) bond motifs is 1. The zero-order valence-corrected chi connectivity index (χ0v) is 17.8. The van der Waals surface area contributed by atoms with Crippen LogP contribution in [0.4, 0.5) is 0 Å². The lowest BCUT2D eigenvalue weighted by Gasteiger charge is -2.06. The molecule has 2 aromatic carbocycles. The Kier molecular flexibility index (Phi) is 6.34. The van der Waals surface area contributed by atoms with Gasteiger partial charge in [-0.2, -0.15) is 4.99 Å². The molecule has 3 rings (SSSR count). The fourth-order valence-electron chi connectivity index (χ4n) is 2.81. The molecule has 0 aliphatic carbocycles. The van der Waals surface area contributed by atoms with Crippen LogP contribution in [0.3, 0.4) is 0 Å². The maximum atomic E-state index is 12.8. The van der Waals surface area contributed by atoms with E-state index in [2.05, 4.69) is 9.73 Å². The van der Waals surface area contributed by atoms with Crippen LogP contribution in [0.1, 0.15) is 16.8 Å². The van der Waals surface area contributed by atoms with Crippen LogP contribution in [0.2, 0.25) is 0 Å². The number of primary sulfonamides is 1. The molecule has 0 saturated heterocycles. The first-order chi connectivity index (χ1) is 14.2. The van der Waals surface area contributed by atoms with Gasteiger partial charge in [0, 0.05) is 6.54 Å². The molecular weight excluding hydrogens is 430 g/mol. The van der Waals surface area contributed by atoms with Crippen LogP contribution in [0, 0.1) is 0 Å². The van der Waals surface area contributed by atoms with Crippen molar-refractivity contribution in [1.82, 2.24) is 4.57 Å². The lowest BCUT2D eigenvalue weighted by atomic mass is 10.2. The lowest BCUT2D eigenvalue weighted by Crippen LogP contribution is -2.19. The van der Waals surface area contributed by atoms with E-state index in [9.17, 15) is 18.0 Å². The molecule has 1 amide bonds. The largest absolute Gasteiger partial charge is 0.496 e. The third kappa shape index (κ3) is 4.58. The van der Waals surface area contributed by atoms with Gasteiger partial charge in [0.2, 0.25) is 10.0 Å². The van der Waals surface area contributed by atoms with Gasteiger partial charge in [0.05, 0.1) is 41.3 Å². The van der Waals surface area contributed by atoms with Gasteiger partial charge in [0.15, 0.2) is 4.80 Å². The molecule has 158 valence electrons. The van der Waals surface area contributed by atoms with Gasteiger partial charge >= 0.3 is 5.97 Å². The highest BCUT2D eigenvalue weighted by atomic mass is 32.2. The summed E-state index contributed by atoms with van der Waals surface area (Å²) >= 11 is 1.11. The number of methoxy groups -OCH3 is 2. The summed E-state index contributed by atoms with van der Waals surface area (Å²) in [6.07, 6.45) is 0.0509. The van der Waals surface area contributed by atoms with Crippen molar-refractivity contribution in [2.45, 2.75) is 17.9 Å². The Bertz CT molecular complexity index is 1290. The number of rotatable bonds is 6. The number of esters is 1. The minimum Gasteiger partial charge on any atom is -0.496 e. The molecule has 11 heteroatoms. The van der Waals surface area contributed by atoms with Crippen molar-refractivity contribution in [2.75, 3.05) is 14.2 Å². The van der Waals surface area contributed by atoms with Gasteiger partial charge in [-0.1, -0.05) is 23.5 Å². The van der Waals surface area contributed by atoms with Gasteiger partial charge in [0.25, 0.3) is 5.91 Å². The molecule has 1 aromatic heterocycles. The Morgan fingerprint density at radius 3 is 2.57 bits per heavy atom. The van der Waals surface area contributed by atoms with E-state index in [4.69, 9.17) is 9.88 Å². The average Bonchev–Trinajstić information content (AvgIpc) is 3.07. The number of thiazole rings is 1. The number of benzene rings is 2. The number of carbonyl (C=O) groups excluding carboxylic acids is 2. The van der Waals surface area contributed by atoms with E-state index >= 15 is 0 Å². The van der Waals surface area contributed by atoms with Crippen LogP contribution in [0.15, 0.2) is 52.4 Å². The second kappa shape index (κ2) is 8.78. The van der Waals surface area contributed by atoms with E-state index < -0.39 is 21.9 Å². The molecule has 0 fully saturated rings. The summed E-state index contributed by atoms with van der Waals surface area (Å²) in [7, 11) is -1.15. The number of hydrogen-bond acceptors (Lipinski definition) is 7. The Morgan fingerprint density at radius 2 is 1.90 bits per heavy atom. The summed E-state index contributed by atoms with van der Waals surface area (Å²) in [5.41, 5.74) is 0.894. The third-order valence-corrected chi connectivity index (χ3v) is 6.24. The first kappa shape index (κ1) is 21.7. The van der Waals surface area contributed by atoms with Gasteiger partial charge < -0.3 is 14.0 Å². The first-order valence-electron chi connectivity index (χ1n) is 8.69. The van der Waals surface area contributed by atoms with Gasteiger partial charge in [0.1, 0.15) is 5.75 Å². The number of nitrogens with zero attached hydrogens (tertiary/aromatic N) is 2. The Hall–Kier alpha value is -3.02. The summed E-state index contributed by atoms with van der Waals surface area (Å²) in [5, 5.41) is 5.22. The van der Waals surface area contributed by atoms with Crippen molar-refractivity contribution in [3.8, 4) is 5.75 Å². The smallest absolute Gasteiger partial charge is 0.307 e. The molecule has 30 heavy (non-hydrogen) atoms. The molecule has 0 bridgehead atoms. The summed E-state index contributed by atoms with van der Waals surface area (Å²) in [4.78, 5) is 28.9. The molecule has 0 unspecified atom stereocenters. The molecule has 0 spiro atoms. The van der Waals surface area contributed by atoms with Crippen LogP contribution >= 0.6 is 11.3 Å². The number of aryl methyl sites for hydroxylation is 1. The van der Waals surface area contributed by atoms with Crippen molar-refractivity contribution in [3.63, 3.8) is 0 Å². The molecule has 0 saturated carbocycles. The molecule has 0 aliphatic rings. The van der Waals surface area contributed by atoms with Crippen LogP contribution in [0.25, 0.3) is 10.2 Å². The van der Waals surface area contributed by atoms with Crippen LogP contribution in [0.5, 0.6) is 5.75 Å². The molecule has 0 radical (unpaired) electrons. The van der Waals surface area contributed by atoms with Crippen molar-refractivity contribution in [2.24, 2.45) is 10.1 Å². The highest BCUT2D eigenvalue weighted by Gasteiger charge is 2.16. The number of para-hydroxylation sites is 1. The number of carbonyl (C=O) groups is 2. The maximum Gasteiger partial charge on any atom is 0.307 e. The standard InChI is InChI=1S/C19H19N3O6S2/c1-27-15-6-4-3-5-13(15)18(24)21-19-22(10-9-17(23)28-2)14-8-7-12(30(20,25)26)11-16(14)29-19/h3-8,11H,9-10H2,1-2H3,(H2,20,25,26). The first-order valence-corrected chi connectivity index (χ1v) is 11.1. The van der Waals surface area contributed by atoms with Crippen LogP contribution in [-0.4, -0.2) is 39.1 Å². The van der Waals surface area contributed by atoms with E-state index in [1.165, 1.54) is 26.4 Å². The Labute approximate surface area is 176 Å². The maximum absolute atomic E-state index is 12.8. The summed E-state index contributed by atoms with van der Waals surface area (Å²) in [6, 6.07) is 11.0. The summed E-state index contributed by atoms with van der Waals surface area (Å²) < 4.78 is 35.5. The number of amides is 1. The fraction of sp³-hybridized carbons (Fsp3) is 0.211. The SMILES string of the molecule is COC(=O)CCn1c(=NC(=O)c2ccccc2OC)sc2cc(S(N)(=O)=O)ccc21. The zero-order chi connectivity index (χ0) is 21.9. The number of ether oxygens (including phenoxy) is 2. The summed E-state index contributed by atoms with van der Waals surface area (Å²) in [5.74, 6) is -0.576. The van der Waals surface area contributed by atoms with E-state index in [0.717, 1.165) is 11.3 Å². The van der Waals surface area contributed by atoms with Crippen molar-refractivity contribution < 1.29 is 27.5 Å². The van der Waals surface area contributed by atoms with Gasteiger partial charge in [-0.15, -0.1) is 0 Å². The predicted octanol–water partition coefficient (Wildman–Crippen LogP) is 1.66. The van der Waals surface area contributed by atoms with E-state index in [1.807, 2.05) is 0 Å². The second-order valence-electron chi connectivity index (χ2n) is 6.15. The Morgan fingerprint density at radius 1 is 1.17 bits per heavy atom. The van der Waals surface area contributed by atoms with Crippen LogP contribution < -0.4 is 14.7 Å². The zero-order valence-electron chi connectivity index (χ0n) is 16.2. The summed E-state index contributed by atoms with van der Waals surface area (Å²) in [6.45, 7) is 0.194. The van der Waals surface area contributed by atoms with Crippen molar-refractivity contribution in [1.29, 1.82) is 0 Å². The third-order valence-electron chi connectivity index (χ3n) is 4.28. The number of sulfonamides is 1. The monoisotopic (exact) mass is 449 g/mol. The topological polar surface area (TPSA) is 130 Å². The lowest BCUT2D eigenvalue weighted by molar-refractivity contribution is -0.140. The normalized spacial score (nSPS) is 12.2. The highest BCUT2D eigenvalue weighted by molar-refractivity contribution is 7.89. The van der Waals surface area contributed by atoms with Gasteiger partial charge in [-0.05, 0) is 30.3 Å². The van der Waals surface area contributed by atoms with Crippen LogP contribution in [-0.2, 0) is 26.1 Å². The molecule has 2 N–H and O–H groups in total. The van der Waals surface area contributed by atoms with Crippen molar-refractivity contribution >= 4 is 43.5 Å². The quantitative estimate of drug-likeness (QED) is 0.570. The second-order valence-corrected chi connectivity index (χ2v) is 8.72. The number of nitrogens with two attached hydrogens (primary N) is 1. The van der Waals surface area contributed by atoms with Gasteiger partial charge in [-0.3, -0.25) is 9.59 Å². The molecule has 0 aliphatic heterocycles. The molecule has 0 atom stereocenters.